The molecule has 0 radical (unpaired) electrons. The van der Waals surface area contributed by atoms with E-state index >= 15 is 0 Å². The van der Waals surface area contributed by atoms with Gasteiger partial charge in [-0.2, -0.15) is 0 Å². The zero-order valence-electron chi connectivity index (χ0n) is 13.0. The molecule has 0 unspecified atom stereocenters. The van der Waals surface area contributed by atoms with Crippen molar-refractivity contribution in [3.05, 3.63) is 73.6 Å². The number of carbonyl (C=O) groups is 1. The minimum atomic E-state index is -0.225. The highest BCUT2D eigenvalue weighted by molar-refractivity contribution is 9.11. The molecule has 0 aliphatic heterocycles. The lowest BCUT2D eigenvalue weighted by Crippen LogP contribution is -2.14. The molecule has 3 heterocycles. The van der Waals surface area contributed by atoms with Crippen LogP contribution in [0.25, 0.3) is 16.2 Å². The van der Waals surface area contributed by atoms with Gasteiger partial charge in [-0.05, 0) is 73.6 Å². The quantitative estimate of drug-likeness (QED) is 0.342. The largest absolute Gasteiger partial charge is 0.306 e. The van der Waals surface area contributed by atoms with Crippen molar-refractivity contribution in [1.29, 1.82) is 0 Å². The smallest absolute Gasteiger partial charge is 0.256 e. The fraction of sp³-hybridized carbons (Fsp3) is 0. The number of nitrogens with one attached hydrogen (secondary N) is 1. The topological polar surface area (TPSA) is 46.4 Å². The molecule has 0 atom stereocenters. The highest BCUT2D eigenvalue weighted by Crippen LogP contribution is 2.35. The van der Waals surface area contributed by atoms with Crippen LogP contribution >= 0.6 is 54.8 Å². The first kappa shape index (κ1) is 17.7. The summed E-state index contributed by atoms with van der Waals surface area (Å²) in [6, 6.07) is 12.6. The van der Waals surface area contributed by atoms with E-state index in [1.807, 2.05) is 34.2 Å². The van der Waals surface area contributed by atoms with Crippen LogP contribution in [0.1, 0.15) is 10.4 Å². The molecule has 3 aromatic heterocycles. The fourth-order valence-electron chi connectivity index (χ4n) is 2.56. The van der Waals surface area contributed by atoms with E-state index in [1.54, 1.807) is 35.6 Å². The number of rotatable bonds is 3. The van der Waals surface area contributed by atoms with E-state index in [-0.39, 0.29) is 5.91 Å². The summed E-state index contributed by atoms with van der Waals surface area (Å²) in [4.78, 5) is 18.4. The number of hydrogen-bond donors (Lipinski definition) is 1. The van der Waals surface area contributed by atoms with Crippen LogP contribution in [0, 0.1) is 0 Å². The van der Waals surface area contributed by atoms with E-state index < -0.39 is 0 Å². The minimum Gasteiger partial charge on any atom is -0.306 e. The number of aromatic nitrogens is 2. The third-order valence-corrected chi connectivity index (χ3v) is 5.88. The van der Waals surface area contributed by atoms with Gasteiger partial charge in [-0.15, -0.1) is 11.3 Å². The molecule has 0 saturated carbocycles. The lowest BCUT2D eigenvalue weighted by atomic mass is 10.2. The number of benzene rings is 1. The molecule has 4 nitrogen and oxygen atoms in total. The van der Waals surface area contributed by atoms with Gasteiger partial charge in [0.15, 0.2) is 5.65 Å². The van der Waals surface area contributed by atoms with E-state index in [1.165, 1.54) is 0 Å². The lowest BCUT2D eigenvalue weighted by molar-refractivity contribution is 0.102. The summed E-state index contributed by atoms with van der Waals surface area (Å²) >= 11 is 14.5. The number of fused-ring (bicyclic) bond motifs is 1. The minimum absolute atomic E-state index is 0.225. The molecule has 1 aromatic carbocycles. The summed E-state index contributed by atoms with van der Waals surface area (Å²) in [7, 11) is 0. The van der Waals surface area contributed by atoms with Crippen LogP contribution in [0.5, 0.6) is 0 Å². The number of nitrogens with zero attached hydrogens (tertiary/aromatic N) is 2. The highest BCUT2D eigenvalue weighted by Gasteiger charge is 2.19. The van der Waals surface area contributed by atoms with Crippen LogP contribution in [0.4, 0.5) is 5.82 Å². The van der Waals surface area contributed by atoms with Gasteiger partial charge in [0.25, 0.3) is 5.91 Å². The van der Waals surface area contributed by atoms with Crippen LogP contribution in [-0.4, -0.2) is 15.3 Å². The second kappa shape index (κ2) is 7.15. The Bertz CT molecular complexity index is 1110. The molecule has 26 heavy (non-hydrogen) atoms. The number of hydrogen-bond acceptors (Lipinski definition) is 3. The first-order valence-electron chi connectivity index (χ1n) is 7.51. The Morgan fingerprint density at radius 3 is 2.65 bits per heavy atom. The number of pyridine rings is 1. The Morgan fingerprint density at radius 2 is 1.96 bits per heavy atom. The number of imidazole rings is 1. The van der Waals surface area contributed by atoms with Gasteiger partial charge in [-0.3, -0.25) is 9.20 Å². The molecule has 130 valence electrons. The van der Waals surface area contributed by atoms with Crippen molar-refractivity contribution in [3.8, 4) is 10.6 Å². The molecule has 0 fully saturated rings. The van der Waals surface area contributed by atoms with Crippen LogP contribution in [0.2, 0.25) is 5.02 Å². The van der Waals surface area contributed by atoms with E-state index in [4.69, 9.17) is 16.6 Å². The predicted molar refractivity (Wildman–Crippen MR) is 113 cm³/mol. The Kier molecular flexibility index (Phi) is 4.88. The van der Waals surface area contributed by atoms with Crippen molar-refractivity contribution in [2.24, 2.45) is 0 Å². The van der Waals surface area contributed by atoms with Gasteiger partial charge in [-0.1, -0.05) is 17.7 Å². The first-order chi connectivity index (χ1) is 12.5. The van der Waals surface area contributed by atoms with E-state index in [0.717, 1.165) is 25.2 Å². The van der Waals surface area contributed by atoms with Crippen LogP contribution < -0.4 is 5.32 Å². The number of thiophene rings is 1. The van der Waals surface area contributed by atoms with Gasteiger partial charge in [0.2, 0.25) is 0 Å². The molecule has 8 heteroatoms. The molecule has 0 saturated heterocycles. The van der Waals surface area contributed by atoms with Gasteiger partial charge < -0.3 is 5.32 Å². The Labute approximate surface area is 175 Å². The second-order valence-corrected chi connectivity index (χ2v) is 8.60. The molecule has 4 rings (SSSR count). The number of halogens is 3. The lowest BCUT2D eigenvalue weighted by Gasteiger charge is -2.08. The summed E-state index contributed by atoms with van der Waals surface area (Å²) in [5, 5.41) is 5.56. The first-order valence-corrected chi connectivity index (χ1v) is 10.3. The zero-order chi connectivity index (χ0) is 18.3. The van der Waals surface area contributed by atoms with Crippen molar-refractivity contribution in [2.45, 2.75) is 0 Å². The number of carbonyl (C=O) groups excluding carboxylic acids is 1. The maximum atomic E-state index is 12.7. The normalized spacial score (nSPS) is 11.0. The van der Waals surface area contributed by atoms with Gasteiger partial charge in [-0.25, -0.2) is 4.98 Å². The fourth-order valence-corrected chi connectivity index (χ4v) is 4.67. The monoisotopic (exact) mass is 509 g/mol. The Morgan fingerprint density at radius 1 is 1.19 bits per heavy atom. The third-order valence-electron chi connectivity index (χ3n) is 3.73. The van der Waals surface area contributed by atoms with Crippen molar-refractivity contribution in [2.75, 3.05) is 5.32 Å². The summed E-state index contributed by atoms with van der Waals surface area (Å²) < 4.78 is 3.56. The van der Waals surface area contributed by atoms with E-state index in [0.29, 0.717) is 16.4 Å². The summed E-state index contributed by atoms with van der Waals surface area (Å²) in [5.74, 6) is 0.391. The van der Waals surface area contributed by atoms with Crippen LogP contribution in [-0.2, 0) is 0 Å². The number of amides is 1. The molecule has 0 aliphatic carbocycles. The number of anilines is 1. The van der Waals surface area contributed by atoms with Gasteiger partial charge >= 0.3 is 0 Å². The molecule has 4 aromatic rings. The van der Waals surface area contributed by atoms with Crippen molar-refractivity contribution in [1.82, 2.24) is 9.38 Å². The molecule has 1 amide bonds. The molecule has 0 bridgehead atoms. The Balaban J connectivity index is 1.85. The summed E-state index contributed by atoms with van der Waals surface area (Å²) in [6.07, 6.45) is 1.88. The summed E-state index contributed by atoms with van der Waals surface area (Å²) in [5.41, 5.74) is 1.97. The summed E-state index contributed by atoms with van der Waals surface area (Å²) in [6.45, 7) is 0. The average Bonchev–Trinajstić information content (AvgIpc) is 3.24. The van der Waals surface area contributed by atoms with Crippen LogP contribution in [0.15, 0.2) is 63.0 Å². The van der Waals surface area contributed by atoms with Crippen LogP contribution in [0.3, 0.4) is 0 Å². The highest BCUT2D eigenvalue weighted by atomic mass is 79.9. The van der Waals surface area contributed by atoms with Gasteiger partial charge in [0.05, 0.1) is 9.35 Å². The van der Waals surface area contributed by atoms with Crippen molar-refractivity contribution >= 4 is 72.2 Å². The Hall–Kier alpha value is -1.67. The van der Waals surface area contributed by atoms with Crippen molar-refractivity contribution < 1.29 is 4.79 Å². The maximum Gasteiger partial charge on any atom is 0.256 e. The van der Waals surface area contributed by atoms with E-state index in [9.17, 15) is 4.79 Å². The molecule has 1 N–H and O–H groups in total. The van der Waals surface area contributed by atoms with Gasteiger partial charge in [0, 0.05) is 21.3 Å². The zero-order valence-corrected chi connectivity index (χ0v) is 17.8. The van der Waals surface area contributed by atoms with Crippen molar-refractivity contribution in [3.63, 3.8) is 0 Å². The molecule has 0 aliphatic rings. The average molecular weight is 512 g/mol. The maximum absolute atomic E-state index is 12.7. The standard InChI is InChI=1S/C18H10Br2ClN3OS/c19-11-8-13(20)16-22-15(14-2-1-7-26-14)17(24(16)9-11)23-18(25)10-3-5-12(21)6-4-10/h1-9H,(H,23,25). The predicted octanol–water partition coefficient (Wildman–Crippen LogP) is 6.49. The second-order valence-electron chi connectivity index (χ2n) is 5.45. The SMILES string of the molecule is O=C(Nc1c(-c2cccs2)nc2c(Br)cc(Br)cn12)c1ccc(Cl)cc1. The molecular formula is C18H10Br2ClN3OS. The van der Waals surface area contributed by atoms with Gasteiger partial charge in [0.1, 0.15) is 11.5 Å². The van der Waals surface area contributed by atoms with E-state index in [2.05, 4.69) is 37.2 Å². The third kappa shape index (κ3) is 3.32. The molecule has 0 spiro atoms. The molecular weight excluding hydrogens is 502 g/mol.